The van der Waals surface area contributed by atoms with Crippen LogP contribution in [0.2, 0.25) is 0 Å². The molecular weight excluding hydrogens is 366 g/mol. The molecule has 2 aliphatic rings. The van der Waals surface area contributed by atoms with Gasteiger partial charge in [-0.05, 0) is 42.0 Å². The molecule has 1 aromatic carbocycles. The Morgan fingerprint density at radius 2 is 1.86 bits per heavy atom. The van der Waals surface area contributed by atoms with Crippen LogP contribution >= 0.6 is 0 Å². The minimum Gasteiger partial charge on any atom is -0.497 e. The summed E-state index contributed by atoms with van der Waals surface area (Å²) in [7, 11) is 1.65. The molecule has 0 spiro atoms. The van der Waals surface area contributed by atoms with Gasteiger partial charge in [0.05, 0.1) is 13.2 Å². The molecule has 1 saturated heterocycles. The van der Waals surface area contributed by atoms with Gasteiger partial charge < -0.3 is 19.5 Å². The van der Waals surface area contributed by atoms with Crippen LogP contribution < -0.4 is 15.6 Å². The van der Waals surface area contributed by atoms with Crippen LogP contribution in [-0.4, -0.2) is 35.7 Å². The second-order valence-corrected chi connectivity index (χ2v) is 8.55. The van der Waals surface area contributed by atoms with E-state index in [1.807, 2.05) is 45.9 Å². The Balaban J connectivity index is 1.50. The minimum atomic E-state index is -0.0647. The van der Waals surface area contributed by atoms with Gasteiger partial charge in [0.2, 0.25) is 0 Å². The van der Waals surface area contributed by atoms with Crippen molar-refractivity contribution in [3.63, 3.8) is 0 Å². The van der Waals surface area contributed by atoms with Crippen molar-refractivity contribution in [2.24, 2.45) is 11.8 Å². The topological polar surface area (TPSA) is 63.6 Å². The number of piperidine rings is 1. The molecular formula is C23H29N3O3. The first-order chi connectivity index (χ1) is 14.0. The summed E-state index contributed by atoms with van der Waals surface area (Å²) in [6.45, 7) is 6.27. The molecule has 6 nitrogen and oxygen atoms in total. The van der Waals surface area contributed by atoms with Gasteiger partial charge in [-0.3, -0.25) is 4.79 Å². The number of hydrogen-bond donors (Lipinski definition) is 1. The van der Waals surface area contributed by atoms with Crippen molar-refractivity contribution in [2.75, 3.05) is 20.2 Å². The molecule has 0 saturated carbocycles. The number of aromatic nitrogens is 1. The number of nitrogens with one attached hydrogen (secondary N) is 1. The number of carbonyl (C=O) groups is 1. The van der Waals surface area contributed by atoms with Gasteiger partial charge in [-0.1, -0.05) is 32.0 Å². The van der Waals surface area contributed by atoms with Gasteiger partial charge in [0.15, 0.2) is 0 Å². The van der Waals surface area contributed by atoms with Crippen molar-refractivity contribution in [1.82, 2.24) is 14.8 Å². The van der Waals surface area contributed by atoms with Gasteiger partial charge in [0.25, 0.3) is 5.56 Å². The van der Waals surface area contributed by atoms with Gasteiger partial charge in [0, 0.05) is 37.3 Å². The summed E-state index contributed by atoms with van der Waals surface area (Å²) in [6, 6.07) is 13.3. The van der Waals surface area contributed by atoms with Crippen LogP contribution in [0, 0.1) is 11.8 Å². The molecule has 2 amide bonds. The molecule has 0 radical (unpaired) electrons. The van der Waals surface area contributed by atoms with Crippen molar-refractivity contribution in [3.05, 3.63) is 64.1 Å². The minimum absolute atomic E-state index is 0.0269. The third-order valence-electron chi connectivity index (χ3n) is 6.19. The Bertz CT molecular complexity index is 935. The average molecular weight is 396 g/mol. The molecule has 1 aromatic heterocycles. The van der Waals surface area contributed by atoms with Gasteiger partial charge in [0.1, 0.15) is 5.75 Å². The molecule has 6 heteroatoms. The van der Waals surface area contributed by atoms with Crippen LogP contribution in [0.3, 0.4) is 0 Å². The van der Waals surface area contributed by atoms with E-state index >= 15 is 0 Å². The number of likely N-dealkylation sites (tertiary alicyclic amines) is 1. The number of fused-ring (bicyclic) bond motifs is 4. The highest BCUT2D eigenvalue weighted by Crippen LogP contribution is 2.35. The van der Waals surface area contributed by atoms with E-state index in [0.717, 1.165) is 23.4 Å². The Kier molecular flexibility index (Phi) is 5.35. The molecule has 2 aromatic rings. The van der Waals surface area contributed by atoms with Crippen LogP contribution in [-0.2, 0) is 6.54 Å². The highest BCUT2D eigenvalue weighted by Gasteiger charge is 2.36. The van der Waals surface area contributed by atoms with E-state index in [9.17, 15) is 9.59 Å². The second kappa shape index (κ2) is 7.93. The number of pyridine rings is 1. The highest BCUT2D eigenvalue weighted by atomic mass is 16.5. The lowest BCUT2D eigenvalue weighted by atomic mass is 9.83. The second-order valence-electron chi connectivity index (χ2n) is 8.55. The SMILES string of the molecule is COc1ccc(C(NC(=O)N2C[C@H]3C[C@@H](C2)c2cccc(=O)n2C3)C(C)C)cc1. The van der Waals surface area contributed by atoms with E-state index in [2.05, 4.69) is 19.2 Å². The summed E-state index contributed by atoms with van der Waals surface area (Å²) in [5.74, 6) is 1.61. The predicted molar refractivity (Wildman–Crippen MR) is 112 cm³/mol. The largest absolute Gasteiger partial charge is 0.497 e. The van der Waals surface area contributed by atoms with Crippen LogP contribution in [0.4, 0.5) is 4.79 Å². The van der Waals surface area contributed by atoms with Crippen molar-refractivity contribution in [3.8, 4) is 5.75 Å². The molecule has 2 aliphatic heterocycles. The number of amides is 2. The summed E-state index contributed by atoms with van der Waals surface area (Å²) in [4.78, 5) is 27.3. The van der Waals surface area contributed by atoms with E-state index in [4.69, 9.17) is 4.74 Å². The molecule has 2 bridgehead atoms. The lowest BCUT2D eigenvalue weighted by molar-refractivity contribution is 0.127. The van der Waals surface area contributed by atoms with Crippen molar-refractivity contribution >= 4 is 6.03 Å². The van der Waals surface area contributed by atoms with Crippen LogP contribution in [0.5, 0.6) is 5.75 Å². The maximum Gasteiger partial charge on any atom is 0.317 e. The zero-order chi connectivity index (χ0) is 20.5. The monoisotopic (exact) mass is 395 g/mol. The molecule has 4 rings (SSSR count). The molecule has 154 valence electrons. The molecule has 1 N–H and O–H groups in total. The van der Waals surface area contributed by atoms with E-state index in [0.29, 0.717) is 25.6 Å². The van der Waals surface area contributed by atoms with E-state index in [1.54, 1.807) is 13.2 Å². The molecule has 0 aliphatic carbocycles. The van der Waals surface area contributed by atoms with Crippen LogP contribution in [0.1, 0.15) is 43.5 Å². The Labute approximate surface area is 171 Å². The van der Waals surface area contributed by atoms with Crippen molar-refractivity contribution in [2.45, 2.75) is 38.8 Å². The first-order valence-electron chi connectivity index (χ1n) is 10.4. The summed E-state index contributed by atoms with van der Waals surface area (Å²) in [5.41, 5.74) is 2.19. The first-order valence-corrected chi connectivity index (χ1v) is 10.4. The highest BCUT2D eigenvalue weighted by molar-refractivity contribution is 5.75. The fraction of sp³-hybridized carbons (Fsp3) is 0.478. The first kappa shape index (κ1) is 19.6. The smallest absolute Gasteiger partial charge is 0.317 e. The van der Waals surface area contributed by atoms with E-state index < -0.39 is 0 Å². The molecule has 29 heavy (non-hydrogen) atoms. The number of nitrogens with zero attached hydrogens (tertiary/aromatic N) is 2. The normalized spacial score (nSPS) is 21.4. The van der Waals surface area contributed by atoms with Gasteiger partial charge >= 0.3 is 6.03 Å². The van der Waals surface area contributed by atoms with Crippen LogP contribution in [0.15, 0.2) is 47.3 Å². The lowest BCUT2D eigenvalue weighted by Crippen LogP contribution is -2.52. The fourth-order valence-electron chi connectivity index (χ4n) is 4.73. The standard InChI is InChI=1S/C23H29N3O3/c1-15(2)22(17-7-9-19(29-3)10-8-17)24-23(28)25-12-16-11-18(14-25)20-5-4-6-21(27)26(20)13-16/h4-10,15-16,18,22H,11-14H2,1-3H3,(H,24,28)/t16-,18+,22?/m1/s1. The summed E-state index contributed by atoms with van der Waals surface area (Å²) in [5, 5.41) is 3.24. The van der Waals surface area contributed by atoms with Crippen molar-refractivity contribution < 1.29 is 9.53 Å². The number of urea groups is 1. The zero-order valence-electron chi connectivity index (χ0n) is 17.3. The van der Waals surface area contributed by atoms with Gasteiger partial charge in [-0.25, -0.2) is 4.79 Å². The van der Waals surface area contributed by atoms with Gasteiger partial charge in [-0.2, -0.15) is 0 Å². The number of carbonyl (C=O) groups excluding carboxylic acids is 1. The predicted octanol–water partition coefficient (Wildman–Crippen LogP) is 3.38. The summed E-state index contributed by atoms with van der Waals surface area (Å²) >= 11 is 0. The number of methoxy groups -OCH3 is 1. The Morgan fingerprint density at radius 1 is 1.10 bits per heavy atom. The number of hydrogen-bond acceptors (Lipinski definition) is 3. The lowest BCUT2D eigenvalue weighted by Gasteiger charge is -2.43. The quantitative estimate of drug-likeness (QED) is 0.863. The maximum atomic E-state index is 13.1. The third kappa shape index (κ3) is 3.88. The molecule has 1 fully saturated rings. The number of benzene rings is 1. The Morgan fingerprint density at radius 3 is 2.55 bits per heavy atom. The molecule has 1 unspecified atom stereocenters. The van der Waals surface area contributed by atoms with Crippen molar-refractivity contribution in [1.29, 1.82) is 0 Å². The third-order valence-corrected chi connectivity index (χ3v) is 6.19. The average Bonchev–Trinajstić information content (AvgIpc) is 2.72. The zero-order valence-corrected chi connectivity index (χ0v) is 17.3. The number of ether oxygens (including phenoxy) is 1. The van der Waals surface area contributed by atoms with E-state index in [-0.39, 0.29) is 29.5 Å². The maximum absolute atomic E-state index is 13.1. The number of rotatable bonds is 4. The fourth-order valence-corrected chi connectivity index (χ4v) is 4.73. The van der Waals surface area contributed by atoms with E-state index in [1.165, 1.54) is 0 Å². The summed E-state index contributed by atoms with van der Waals surface area (Å²) in [6.07, 6.45) is 1.04. The Hall–Kier alpha value is -2.76. The molecule has 3 atom stereocenters. The summed E-state index contributed by atoms with van der Waals surface area (Å²) < 4.78 is 7.14. The molecule has 3 heterocycles. The van der Waals surface area contributed by atoms with Gasteiger partial charge in [-0.15, -0.1) is 0 Å². The van der Waals surface area contributed by atoms with Crippen LogP contribution in [0.25, 0.3) is 0 Å².